The van der Waals surface area contributed by atoms with Crippen LogP contribution in [0, 0.1) is 0 Å². The number of halogens is 1. The maximum atomic E-state index is 10.9. The van der Waals surface area contributed by atoms with E-state index in [-0.39, 0.29) is 0 Å². The molecule has 0 unspecified atom stereocenters. The Morgan fingerprint density at radius 3 is 3.00 bits per heavy atom. The fourth-order valence-corrected chi connectivity index (χ4v) is 0.977. The minimum atomic E-state index is -0.432. The first-order chi connectivity index (χ1) is 5.24. The second-order valence-electron chi connectivity index (χ2n) is 1.83. The zero-order valence-corrected chi connectivity index (χ0v) is 7.44. The van der Waals surface area contributed by atoms with Crippen molar-refractivity contribution in [2.75, 3.05) is 7.05 Å². The molecule has 4 nitrogen and oxygen atoms in total. The Morgan fingerprint density at radius 1 is 1.82 bits per heavy atom. The van der Waals surface area contributed by atoms with Gasteiger partial charge in [-0.2, -0.15) is 5.48 Å². The number of rotatable bonds is 2. The van der Waals surface area contributed by atoms with E-state index < -0.39 is 5.97 Å². The summed E-state index contributed by atoms with van der Waals surface area (Å²) in [5.74, 6) is -0.432. The normalized spacial score (nSPS) is 9.64. The number of hydrogen-bond donors (Lipinski definition) is 2. The topological polar surface area (TPSA) is 54.1 Å². The summed E-state index contributed by atoms with van der Waals surface area (Å²) in [6.07, 6.45) is 1.66. The summed E-state index contributed by atoms with van der Waals surface area (Å²) in [4.78, 5) is 18.2. The molecule has 5 heteroatoms. The molecule has 11 heavy (non-hydrogen) atoms. The minimum Gasteiger partial charge on any atom is -0.366 e. The van der Waals surface area contributed by atoms with Gasteiger partial charge in [-0.1, -0.05) is 0 Å². The lowest BCUT2D eigenvalue weighted by Gasteiger charge is -1.96. The van der Waals surface area contributed by atoms with Gasteiger partial charge in [0.2, 0.25) is 0 Å². The van der Waals surface area contributed by atoms with Gasteiger partial charge in [0.05, 0.1) is 0 Å². The zero-order valence-electron chi connectivity index (χ0n) is 5.85. The smallest absolute Gasteiger partial charge is 0.366 e. The van der Waals surface area contributed by atoms with Crippen LogP contribution in [0.4, 0.5) is 0 Å². The van der Waals surface area contributed by atoms with Crippen LogP contribution in [0.3, 0.4) is 0 Å². The second-order valence-corrected chi connectivity index (χ2v) is 2.74. The van der Waals surface area contributed by atoms with Crippen LogP contribution in [-0.2, 0) is 4.84 Å². The molecule has 0 atom stereocenters. The number of hydrogen-bond acceptors (Lipinski definition) is 3. The number of hydroxylamine groups is 1. The van der Waals surface area contributed by atoms with Crippen LogP contribution in [0.2, 0.25) is 0 Å². The van der Waals surface area contributed by atoms with E-state index >= 15 is 0 Å². The monoisotopic (exact) mass is 218 g/mol. The van der Waals surface area contributed by atoms with Crippen molar-refractivity contribution in [3.63, 3.8) is 0 Å². The summed E-state index contributed by atoms with van der Waals surface area (Å²) in [5, 5.41) is 0. The molecule has 0 bridgehead atoms. The van der Waals surface area contributed by atoms with E-state index in [4.69, 9.17) is 0 Å². The molecule has 0 spiro atoms. The third-order valence-corrected chi connectivity index (χ3v) is 1.52. The van der Waals surface area contributed by atoms with Crippen molar-refractivity contribution in [1.82, 2.24) is 10.5 Å². The van der Waals surface area contributed by atoms with Gasteiger partial charge < -0.3 is 9.82 Å². The van der Waals surface area contributed by atoms with Crippen molar-refractivity contribution >= 4 is 21.9 Å². The van der Waals surface area contributed by atoms with Crippen molar-refractivity contribution in [2.24, 2.45) is 0 Å². The van der Waals surface area contributed by atoms with E-state index in [0.29, 0.717) is 5.69 Å². The summed E-state index contributed by atoms with van der Waals surface area (Å²) in [6, 6.07) is 1.64. The van der Waals surface area contributed by atoms with Crippen molar-refractivity contribution in [2.45, 2.75) is 0 Å². The van der Waals surface area contributed by atoms with Crippen LogP contribution in [0.5, 0.6) is 0 Å². The van der Waals surface area contributed by atoms with E-state index in [2.05, 4.69) is 31.2 Å². The first-order valence-electron chi connectivity index (χ1n) is 2.96. The zero-order chi connectivity index (χ0) is 8.27. The van der Waals surface area contributed by atoms with Gasteiger partial charge in [0.15, 0.2) is 0 Å². The summed E-state index contributed by atoms with van der Waals surface area (Å²) >= 11 is 3.19. The van der Waals surface area contributed by atoms with E-state index in [1.807, 2.05) is 0 Å². The Bertz CT molecular complexity index is 259. The molecular weight excluding hydrogens is 212 g/mol. The Balaban J connectivity index is 2.69. The molecule has 0 radical (unpaired) electrons. The highest BCUT2D eigenvalue weighted by Crippen LogP contribution is 2.10. The fourth-order valence-electron chi connectivity index (χ4n) is 0.633. The fraction of sp³-hybridized carbons (Fsp3) is 0.167. The van der Waals surface area contributed by atoms with E-state index in [1.54, 1.807) is 12.3 Å². The van der Waals surface area contributed by atoms with Crippen molar-refractivity contribution in [1.29, 1.82) is 0 Å². The van der Waals surface area contributed by atoms with Gasteiger partial charge in [-0.25, -0.2) is 4.79 Å². The van der Waals surface area contributed by atoms with Gasteiger partial charge in [0.1, 0.15) is 5.69 Å². The molecule has 1 rings (SSSR count). The third kappa shape index (κ3) is 2.06. The highest BCUT2D eigenvalue weighted by molar-refractivity contribution is 9.10. The molecule has 0 amide bonds. The standard InChI is InChI=1S/C6H7BrN2O2/c1-8-11-6(10)5-2-4(7)3-9-5/h2-3,8-9H,1H3. The molecule has 2 N–H and O–H groups in total. The molecule has 1 aromatic rings. The molecule has 0 aliphatic rings. The second kappa shape index (κ2) is 3.54. The SMILES string of the molecule is CNOC(=O)c1cc(Br)c[nH]1. The van der Waals surface area contributed by atoms with Gasteiger partial charge in [-0.05, 0) is 22.0 Å². The highest BCUT2D eigenvalue weighted by atomic mass is 79.9. The van der Waals surface area contributed by atoms with Gasteiger partial charge in [0.25, 0.3) is 0 Å². The summed E-state index contributed by atoms with van der Waals surface area (Å²) in [7, 11) is 1.52. The van der Waals surface area contributed by atoms with Crippen molar-refractivity contribution < 1.29 is 9.63 Å². The first-order valence-corrected chi connectivity index (χ1v) is 3.75. The lowest BCUT2D eigenvalue weighted by Crippen LogP contribution is -2.15. The first kappa shape index (κ1) is 8.29. The third-order valence-electron chi connectivity index (χ3n) is 1.06. The van der Waals surface area contributed by atoms with Crippen LogP contribution >= 0.6 is 15.9 Å². The number of nitrogens with one attached hydrogen (secondary N) is 2. The summed E-state index contributed by atoms with van der Waals surface area (Å²) in [6.45, 7) is 0. The molecule has 60 valence electrons. The molecule has 1 aromatic heterocycles. The highest BCUT2D eigenvalue weighted by Gasteiger charge is 2.07. The predicted octanol–water partition coefficient (Wildman–Crippen LogP) is 1.07. The number of H-pyrrole nitrogens is 1. The van der Waals surface area contributed by atoms with Crippen LogP contribution in [0.1, 0.15) is 10.5 Å². The molecule has 1 heterocycles. The van der Waals surface area contributed by atoms with E-state index in [9.17, 15) is 4.79 Å². The average molecular weight is 219 g/mol. The van der Waals surface area contributed by atoms with E-state index in [0.717, 1.165) is 4.47 Å². The van der Waals surface area contributed by atoms with E-state index in [1.165, 1.54) is 7.05 Å². The van der Waals surface area contributed by atoms with Crippen molar-refractivity contribution in [3.05, 3.63) is 22.4 Å². The Labute approximate surface area is 72.0 Å². The van der Waals surface area contributed by atoms with Crippen LogP contribution in [-0.4, -0.2) is 18.0 Å². The predicted molar refractivity (Wildman–Crippen MR) is 43.0 cm³/mol. The minimum absolute atomic E-state index is 0.409. The summed E-state index contributed by atoms with van der Waals surface area (Å²) < 4.78 is 0.820. The van der Waals surface area contributed by atoms with Crippen LogP contribution in [0.15, 0.2) is 16.7 Å². The quantitative estimate of drug-likeness (QED) is 0.731. The molecule has 0 saturated carbocycles. The van der Waals surface area contributed by atoms with Gasteiger partial charge >= 0.3 is 5.97 Å². The Morgan fingerprint density at radius 2 is 2.55 bits per heavy atom. The maximum absolute atomic E-state index is 10.9. The lowest BCUT2D eigenvalue weighted by molar-refractivity contribution is 0.0303. The number of carbonyl (C=O) groups is 1. The van der Waals surface area contributed by atoms with Gasteiger partial charge in [0, 0.05) is 17.7 Å². The number of aromatic nitrogens is 1. The summed E-state index contributed by atoms with van der Waals surface area (Å²) in [5.41, 5.74) is 2.70. The van der Waals surface area contributed by atoms with Gasteiger partial charge in [-0.3, -0.25) is 0 Å². The molecule has 0 aliphatic heterocycles. The van der Waals surface area contributed by atoms with Crippen LogP contribution < -0.4 is 5.48 Å². The Hall–Kier alpha value is -0.810. The number of carbonyl (C=O) groups excluding carboxylic acids is 1. The van der Waals surface area contributed by atoms with Gasteiger partial charge in [-0.15, -0.1) is 0 Å². The molecule has 0 aliphatic carbocycles. The van der Waals surface area contributed by atoms with Crippen LogP contribution in [0.25, 0.3) is 0 Å². The largest absolute Gasteiger partial charge is 0.373 e. The Kier molecular flexibility index (Phi) is 2.67. The lowest BCUT2D eigenvalue weighted by atomic mass is 10.4. The molecular formula is C6H7BrN2O2. The molecule has 0 saturated heterocycles. The molecule has 0 fully saturated rings. The number of aromatic amines is 1. The maximum Gasteiger partial charge on any atom is 0.373 e. The average Bonchev–Trinajstić information content (AvgIpc) is 2.36. The van der Waals surface area contributed by atoms with Crippen molar-refractivity contribution in [3.8, 4) is 0 Å². The molecule has 0 aromatic carbocycles.